The van der Waals surface area contributed by atoms with Crippen LogP contribution in [0.1, 0.15) is 56.5 Å². The van der Waals surface area contributed by atoms with Gasteiger partial charge in [0.1, 0.15) is 6.04 Å². The van der Waals surface area contributed by atoms with Gasteiger partial charge in [-0.15, -0.1) is 0 Å². The molecule has 20 heavy (non-hydrogen) atoms. The molecule has 1 aromatic rings. The quantitative estimate of drug-likeness (QED) is 0.782. The third-order valence-corrected chi connectivity index (χ3v) is 3.29. The highest BCUT2D eigenvalue weighted by atomic mass is 19.4. The zero-order valence-electron chi connectivity index (χ0n) is 11.4. The molecule has 1 aliphatic carbocycles. The van der Waals surface area contributed by atoms with E-state index in [0.29, 0.717) is 12.1 Å². The second kappa shape index (κ2) is 5.46. The molecule has 0 aromatic carbocycles. The van der Waals surface area contributed by atoms with Crippen LogP contribution in [0.3, 0.4) is 0 Å². The maximum atomic E-state index is 12.8. The first kappa shape index (κ1) is 14.9. The van der Waals surface area contributed by atoms with Gasteiger partial charge in [0.25, 0.3) is 0 Å². The number of halogens is 3. The van der Waals surface area contributed by atoms with Crippen molar-refractivity contribution in [1.82, 2.24) is 9.78 Å². The topological polar surface area (TPSA) is 44.1 Å². The molecule has 112 valence electrons. The molecular formula is C13H17F3N2O2. The Morgan fingerprint density at radius 3 is 2.60 bits per heavy atom. The Balaban J connectivity index is 2.37. The fraction of sp³-hybridized carbons (Fsp3) is 0.692. The van der Waals surface area contributed by atoms with Gasteiger partial charge >= 0.3 is 12.1 Å². The maximum Gasteiger partial charge on any atom is 0.435 e. The lowest BCUT2D eigenvalue weighted by atomic mass is 10.2. The SMILES string of the molecule is CCOC(=O)C(CC)n1nc(C(F)(F)F)cc1C1CC1. The van der Waals surface area contributed by atoms with E-state index in [0.717, 1.165) is 18.9 Å². The standard InChI is InChI=1S/C13H17F3N2O2/c1-3-9(12(19)20-4-2)18-10(8-5-6-8)7-11(17-18)13(14,15)16/h7-9H,3-6H2,1-2H3. The third kappa shape index (κ3) is 2.96. The Labute approximate surface area is 114 Å². The number of hydrogen-bond donors (Lipinski definition) is 0. The van der Waals surface area contributed by atoms with E-state index in [2.05, 4.69) is 5.10 Å². The third-order valence-electron chi connectivity index (χ3n) is 3.29. The van der Waals surface area contributed by atoms with Crippen LogP contribution in [0.15, 0.2) is 6.07 Å². The largest absolute Gasteiger partial charge is 0.464 e. The molecule has 2 rings (SSSR count). The van der Waals surface area contributed by atoms with Crippen LogP contribution in [0.2, 0.25) is 0 Å². The number of nitrogens with zero attached hydrogens (tertiary/aromatic N) is 2. The molecule has 1 aliphatic rings. The van der Waals surface area contributed by atoms with Crippen LogP contribution in [0, 0.1) is 0 Å². The Hall–Kier alpha value is -1.53. The summed E-state index contributed by atoms with van der Waals surface area (Å²) in [6, 6.07) is 0.265. The predicted molar refractivity (Wildman–Crippen MR) is 65.2 cm³/mol. The Morgan fingerprint density at radius 1 is 1.50 bits per heavy atom. The first-order valence-electron chi connectivity index (χ1n) is 6.71. The number of carbonyl (C=O) groups excluding carboxylic acids is 1. The summed E-state index contributed by atoms with van der Waals surface area (Å²) < 4.78 is 44.5. The molecule has 1 aromatic heterocycles. The van der Waals surface area contributed by atoms with Gasteiger partial charge in [0.2, 0.25) is 0 Å². The summed E-state index contributed by atoms with van der Waals surface area (Å²) in [6.07, 6.45) is -2.48. The van der Waals surface area contributed by atoms with E-state index in [-0.39, 0.29) is 12.5 Å². The first-order valence-corrected chi connectivity index (χ1v) is 6.71. The minimum absolute atomic E-state index is 0.0714. The van der Waals surface area contributed by atoms with Gasteiger partial charge in [-0.3, -0.25) is 4.68 Å². The van der Waals surface area contributed by atoms with Crippen molar-refractivity contribution in [1.29, 1.82) is 0 Å². The van der Waals surface area contributed by atoms with Crippen LogP contribution < -0.4 is 0 Å². The highest BCUT2D eigenvalue weighted by molar-refractivity contribution is 5.74. The zero-order valence-corrected chi connectivity index (χ0v) is 11.4. The molecule has 0 bridgehead atoms. The second-order valence-corrected chi connectivity index (χ2v) is 4.85. The van der Waals surface area contributed by atoms with E-state index in [9.17, 15) is 18.0 Å². The number of ether oxygens (including phenoxy) is 1. The van der Waals surface area contributed by atoms with Crippen LogP contribution in [0.5, 0.6) is 0 Å². The highest BCUT2D eigenvalue weighted by Crippen LogP contribution is 2.43. The normalized spacial score (nSPS) is 17.1. The average Bonchev–Trinajstić information content (AvgIpc) is 3.10. The number of hydrogen-bond acceptors (Lipinski definition) is 3. The van der Waals surface area contributed by atoms with Crippen molar-refractivity contribution in [3.63, 3.8) is 0 Å². The average molecular weight is 290 g/mol. The van der Waals surface area contributed by atoms with Crippen LogP contribution >= 0.6 is 0 Å². The fourth-order valence-corrected chi connectivity index (χ4v) is 2.16. The fourth-order valence-electron chi connectivity index (χ4n) is 2.16. The van der Waals surface area contributed by atoms with E-state index in [4.69, 9.17) is 4.74 Å². The van der Waals surface area contributed by atoms with Gasteiger partial charge in [-0.1, -0.05) is 6.92 Å². The first-order chi connectivity index (χ1) is 9.38. The van der Waals surface area contributed by atoms with Crippen LogP contribution in [0.4, 0.5) is 13.2 Å². The van der Waals surface area contributed by atoms with Crippen molar-refractivity contribution in [2.75, 3.05) is 6.61 Å². The summed E-state index contributed by atoms with van der Waals surface area (Å²) in [5, 5.41) is 3.61. The second-order valence-electron chi connectivity index (χ2n) is 4.85. The van der Waals surface area contributed by atoms with Crippen molar-refractivity contribution in [2.45, 2.75) is 51.2 Å². The van der Waals surface area contributed by atoms with Crippen LogP contribution in [-0.2, 0) is 15.7 Å². The molecule has 0 N–H and O–H groups in total. The molecule has 7 heteroatoms. The van der Waals surface area contributed by atoms with Gasteiger partial charge in [0.15, 0.2) is 5.69 Å². The van der Waals surface area contributed by atoms with Crippen LogP contribution in [-0.4, -0.2) is 22.4 Å². The Bertz CT molecular complexity index is 492. The molecule has 1 heterocycles. The van der Waals surface area contributed by atoms with E-state index >= 15 is 0 Å². The molecule has 0 amide bonds. The molecular weight excluding hydrogens is 273 g/mol. The summed E-state index contributed by atoms with van der Waals surface area (Å²) in [5.41, 5.74) is -0.459. The maximum absolute atomic E-state index is 12.8. The van der Waals surface area contributed by atoms with Gasteiger partial charge in [-0.2, -0.15) is 18.3 Å². The van der Waals surface area contributed by atoms with Crippen molar-refractivity contribution >= 4 is 5.97 Å². The molecule has 0 saturated heterocycles. The van der Waals surface area contributed by atoms with Gasteiger partial charge < -0.3 is 4.74 Å². The van der Waals surface area contributed by atoms with Crippen LogP contribution in [0.25, 0.3) is 0 Å². The number of carbonyl (C=O) groups is 1. The van der Waals surface area contributed by atoms with Gasteiger partial charge in [0.05, 0.1) is 6.61 Å². The lowest BCUT2D eigenvalue weighted by Gasteiger charge is -2.17. The lowest BCUT2D eigenvalue weighted by molar-refractivity contribution is -0.149. The molecule has 0 aliphatic heterocycles. The number of esters is 1. The molecule has 0 spiro atoms. The van der Waals surface area contributed by atoms with E-state index in [1.54, 1.807) is 13.8 Å². The minimum atomic E-state index is -4.50. The van der Waals surface area contributed by atoms with Crippen molar-refractivity contribution < 1.29 is 22.7 Å². The lowest BCUT2D eigenvalue weighted by Crippen LogP contribution is -2.24. The monoisotopic (exact) mass is 290 g/mol. The summed E-state index contributed by atoms with van der Waals surface area (Å²) in [5.74, 6) is -0.462. The van der Waals surface area contributed by atoms with Gasteiger partial charge in [-0.25, -0.2) is 4.79 Å². The molecule has 1 atom stereocenters. The predicted octanol–water partition coefficient (Wildman–Crippen LogP) is 3.29. The molecule has 1 unspecified atom stereocenters. The van der Waals surface area contributed by atoms with E-state index in [1.165, 1.54) is 4.68 Å². The Kier molecular flexibility index (Phi) is 4.06. The van der Waals surface area contributed by atoms with Gasteiger partial charge in [-0.05, 0) is 32.3 Å². The smallest absolute Gasteiger partial charge is 0.435 e. The summed E-state index contributed by atoms with van der Waals surface area (Å²) >= 11 is 0. The molecule has 0 radical (unpaired) electrons. The van der Waals surface area contributed by atoms with E-state index < -0.39 is 23.9 Å². The summed E-state index contributed by atoms with van der Waals surface area (Å²) in [6.45, 7) is 3.59. The summed E-state index contributed by atoms with van der Waals surface area (Å²) in [7, 11) is 0. The van der Waals surface area contributed by atoms with Crippen molar-refractivity contribution in [3.05, 3.63) is 17.5 Å². The number of rotatable bonds is 5. The molecule has 1 saturated carbocycles. The number of aromatic nitrogens is 2. The number of alkyl halides is 3. The zero-order chi connectivity index (χ0) is 14.9. The molecule has 4 nitrogen and oxygen atoms in total. The van der Waals surface area contributed by atoms with Crippen molar-refractivity contribution in [2.24, 2.45) is 0 Å². The van der Waals surface area contributed by atoms with Crippen molar-refractivity contribution in [3.8, 4) is 0 Å². The Morgan fingerprint density at radius 2 is 2.15 bits per heavy atom. The minimum Gasteiger partial charge on any atom is -0.464 e. The molecule has 1 fully saturated rings. The van der Waals surface area contributed by atoms with E-state index in [1.807, 2.05) is 0 Å². The summed E-state index contributed by atoms with van der Waals surface area (Å²) in [4.78, 5) is 11.9. The highest BCUT2D eigenvalue weighted by Gasteiger charge is 2.39. The van der Waals surface area contributed by atoms with Gasteiger partial charge in [0, 0.05) is 11.6 Å².